The van der Waals surface area contributed by atoms with Crippen molar-refractivity contribution in [2.45, 2.75) is 32.5 Å². The lowest BCUT2D eigenvalue weighted by Gasteiger charge is -2.36. The van der Waals surface area contributed by atoms with E-state index in [-0.39, 0.29) is 25.1 Å². The summed E-state index contributed by atoms with van der Waals surface area (Å²) in [4.78, 5) is 26.7. The first kappa shape index (κ1) is 23.4. The highest BCUT2D eigenvalue weighted by atomic mass is 19.4. The van der Waals surface area contributed by atoms with E-state index in [1.807, 2.05) is 18.7 Å². The molecule has 1 atom stereocenters. The molecule has 0 spiro atoms. The zero-order valence-electron chi connectivity index (χ0n) is 18.0. The summed E-state index contributed by atoms with van der Waals surface area (Å²) in [5.41, 5.74) is 1.88. The number of ether oxygens (including phenoxy) is 1. The molecule has 9 heteroatoms. The molecule has 1 aliphatic rings. The predicted octanol–water partition coefficient (Wildman–Crippen LogP) is 4.33. The molecule has 0 bridgehead atoms. The first-order valence-corrected chi connectivity index (χ1v) is 10.5. The molecule has 1 heterocycles. The van der Waals surface area contributed by atoms with Crippen molar-refractivity contribution in [3.05, 3.63) is 54.1 Å². The third-order valence-corrected chi connectivity index (χ3v) is 5.31. The van der Waals surface area contributed by atoms with Gasteiger partial charge in [-0.15, -0.1) is 0 Å². The number of nitrogens with zero attached hydrogens (tertiary/aromatic N) is 2. The molecule has 1 saturated heterocycles. The molecular formula is C23H26F3N3O3. The Morgan fingerprint density at radius 2 is 1.72 bits per heavy atom. The number of halogens is 3. The van der Waals surface area contributed by atoms with Crippen LogP contribution in [-0.4, -0.2) is 55.2 Å². The van der Waals surface area contributed by atoms with Crippen LogP contribution in [0.1, 0.15) is 30.6 Å². The number of anilines is 2. The maximum absolute atomic E-state index is 12.6. The Balaban J connectivity index is 1.57. The first-order chi connectivity index (χ1) is 15.2. The number of carbonyl (C=O) groups is 2. The van der Waals surface area contributed by atoms with E-state index in [1.54, 1.807) is 48.5 Å². The van der Waals surface area contributed by atoms with Crippen LogP contribution in [0.3, 0.4) is 0 Å². The monoisotopic (exact) mass is 449 g/mol. The summed E-state index contributed by atoms with van der Waals surface area (Å²) in [6.45, 7) is 4.60. The number of hydrogen-bond donors (Lipinski definition) is 1. The third kappa shape index (κ3) is 5.93. The minimum absolute atomic E-state index is 0.00584. The minimum atomic E-state index is -4.85. The summed E-state index contributed by atoms with van der Waals surface area (Å²) in [7, 11) is 0. The highest BCUT2D eigenvalue weighted by Crippen LogP contribution is 2.23. The van der Waals surface area contributed by atoms with Gasteiger partial charge >= 0.3 is 12.1 Å². The maximum Gasteiger partial charge on any atom is 0.471 e. The van der Waals surface area contributed by atoms with Gasteiger partial charge in [-0.1, -0.05) is 13.0 Å². The Morgan fingerprint density at radius 3 is 2.31 bits per heavy atom. The number of carbonyl (C=O) groups excluding carboxylic acids is 2. The molecule has 1 N–H and O–H groups in total. The topological polar surface area (TPSA) is 61.9 Å². The van der Waals surface area contributed by atoms with E-state index in [0.717, 1.165) is 17.0 Å². The number of alkyl halides is 3. The van der Waals surface area contributed by atoms with E-state index >= 15 is 0 Å². The molecule has 0 radical (unpaired) electrons. The second-order valence-electron chi connectivity index (χ2n) is 7.64. The van der Waals surface area contributed by atoms with Crippen LogP contribution < -0.4 is 15.0 Å². The fourth-order valence-electron chi connectivity index (χ4n) is 3.33. The van der Waals surface area contributed by atoms with Gasteiger partial charge in [-0.3, -0.25) is 9.59 Å². The van der Waals surface area contributed by atoms with Crippen LogP contribution in [0.2, 0.25) is 0 Å². The van der Waals surface area contributed by atoms with E-state index in [2.05, 4.69) is 5.32 Å². The fourth-order valence-corrected chi connectivity index (χ4v) is 3.33. The van der Waals surface area contributed by atoms with Gasteiger partial charge in [0.2, 0.25) is 0 Å². The van der Waals surface area contributed by atoms with E-state index in [4.69, 9.17) is 4.74 Å². The van der Waals surface area contributed by atoms with Crippen LogP contribution in [0, 0.1) is 0 Å². The smallest absolute Gasteiger partial charge is 0.471 e. The minimum Gasteiger partial charge on any atom is -0.491 e. The van der Waals surface area contributed by atoms with Gasteiger partial charge in [0.05, 0.1) is 6.10 Å². The molecule has 2 aromatic rings. The average molecular weight is 449 g/mol. The third-order valence-electron chi connectivity index (χ3n) is 5.31. The molecule has 0 aromatic heterocycles. The Kier molecular flexibility index (Phi) is 7.27. The van der Waals surface area contributed by atoms with Crippen LogP contribution in [0.25, 0.3) is 0 Å². The van der Waals surface area contributed by atoms with Crippen molar-refractivity contribution in [2.24, 2.45) is 0 Å². The Morgan fingerprint density at radius 1 is 1.06 bits per heavy atom. The van der Waals surface area contributed by atoms with Gasteiger partial charge in [0, 0.05) is 43.1 Å². The molecule has 172 valence electrons. The number of rotatable bonds is 6. The van der Waals surface area contributed by atoms with Crippen LogP contribution in [-0.2, 0) is 4.79 Å². The molecule has 0 aliphatic carbocycles. The molecule has 1 aliphatic heterocycles. The predicted molar refractivity (Wildman–Crippen MR) is 116 cm³/mol. The van der Waals surface area contributed by atoms with Crippen molar-refractivity contribution >= 4 is 23.2 Å². The average Bonchev–Trinajstić information content (AvgIpc) is 2.78. The summed E-state index contributed by atoms with van der Waals surface area (Å²) in [5, 5.41) is 2.83. The van der Waals surface area contributed by atoms with Gasteiger partial charge in [0.25, 0.3) is 5.91 Å². The lowest BCUT2D eigenvalue weighted by molar-refractivity contribution is -0.185. The number of piperazine rings is 1. The highest BCUT2D eigenvalue weighted by molar-refractivity contribution is 6.04. The van der Waals surface area contributed by atoms with Crippen molar-refractivity contribution in [3.8, 4) is 5.75 Å². The molecular weight excluding hydrogens is 423 g/mol. The molecule has 0 unspecified atom stereocenters. The Bertz CT molecular complexity index is 939. The first-order valence-electron chi connectivity index (χ1n) is 10.5. The van der Waals surface area contributed by atoms with Gasteiger partial charge in [0.15, 0.2) is 0 Å². The van der Waals surface area contributed by atoms with Crippen LogP contribution in [0.15, 0.2) is 48.5 Å². The van der Waals surface area contributed by atoms with Gasteiger partial charge in [0.1, 0.15) is 5.75 Å². The van der Waals surface area contributed by atoms with Crippen molar-refractivity contribution in [3.63, 3.8) is 0 Å². The van der Waals surface area contributed by atoms with Gasteiger partial charge in [-0.25, -0.2) is 0 Å². The summed E-state index contributed by atoms with van der Waals surface area (Å²) < 4.78 is 43.5. The van der Waals surface area contributed by atoms with Crippen molar-refractivity contribution in [2.75, 3.05) is 36.4 Å². The number of nitrogens with one attached hydrogen (secondary N) is 1. The Hall–Kier alpha value is -3.23. The summed E-state index contributed by atoms with van der Waals surface area (Å²) in [5.74, 6) is -1.44. The molecule has 32 heavy (non-hydrogen) atoms. The zero-order chi connectivity index (χ0) is 23.3. The van der Waals surface area contributed by atoms with E-state index < -0.39 is 12.1 Å². The molecule has 6 nitrogen and oxygen atoms in total. The largest absolute Gasteiger partial charge is 0.491 e. The Labute approximate surface area is 184 Å². The van der Waals surface area contributed by atoms with Crippen LogP contribution in [0.4, 0.5) is 24.5 Å². The quantitative estimate of drug-likeness (QED) is 0.713. The number of amides is 2. The lowest BCUT2D eigenvalue weighted by atomic mass is 10.2. The summed E-state index contributed by atoms with van der Waals surface area (Å²) >= 11 is 0. The fraction of sp³-hybridized carbons (Fsp3) is 0.391. The van der Waals surface area contributed by atoms with Crippen molar-refractivity contribution in [1.82, 2.24) is 4.90 Å². The second kappa shape index (κ2) is 9.93. The van der Waals surface area contributed by atoms with Gasteiger partial charge < -0.3 is 19.9 Å². The van der Waals surface area contributed by atoms with Crippen LogP contribution >= 0.6 is 0 Å². The van der Waals surface area contributed by atoms with Crippen molar-refractivity contribution in [1.29, 1.82) is 0 Å². The summed E-state index contributed by atoms with van der Waals surface area (Å²) in [6, 6.07) is 14.0. The molecule has 0 saturated carbocycles. The molecule has 1 fully saturated rings. The maximum atomic E-state index is 12.6. The number of hydrogen-bond acceptors (Lipinski definition) is 4. The standard InChI is InChI=1S/C23H26F3N3O3/c1-3-16(2)32-20-6-4-5-17(15-20)21(30)27-18-7-9-19(10-8-18)28-11-13-29(14-12-28)22(31)23(24,25)26/h4-10,15-16H,3,11-14H2,1-2H3,(H,27,30)/t16-/m0/s1. The highest BCUT2D eigenvalue weighted by Gasteiger charge is 2.43. The van der Waals surface area contributed by atoms with E-state index in [9.17, 15) is 22.8 Å². The number of benzene rings is 2. The van der Waals surface area contributed by atoms with Crippen LogP contribution in [0.5, 0.6) is 5.75 Å². The summed E-state index contributed by atoms with van der Waals surface area (Å²) in [6.07, 6.45) is -3.94. The normalized spacial score (nSPS) is 15.3. The van der Waals surface area contributed by atoms with E-state index in [1.165, 1.54) is 0 Å². The van der Waals surface area contributed by atoms with Crippen molar-refractivity contribution < 1.29 is 27.5 Å². The molecule has 2 aromatic carbocycles. The van der Waals surface area contributed by atoms with E-state index in [0.29, 0.717) is 30.1 Å². The lowest BCUT2D eigenvalue weighted by Crippen LogP contribution is -2.52. The molecule has 2 amide bonds. The van der Waals surface area contributed by atoms with Gasteiger partial charge in [-0.05, 0) is 55.8 Å². The SMILES string of the molecule is CC[C@H](C)Oc1cccc(C(=O)Nc2ccc(N3CCN(C(=O)C(F)(F)F)CC3)cc2)c1. The van der Waals surface area contributed by atoms with Gasteiger partial charge in [-0.2, -0.15) is 13.2 Å². The second-order valence-corrected chi connectivity index (χ2v) is 7.64. The molecule has 3 rings (SSSR count). The zero-order valence-corrected chi connectivity index (χ0v) is 18.0.